The van der Waals surface area contributed by atoms with Crippen molar-refractivity contribution in [2.45, 2.75) is 0 Å². The molecule has 20 heavy (non-hydrogen) atoms. The molecule has 3 rings (SSSR count). The molecule has 1 aromatic carbocycles. The Morgan fingerprint density at radius 1 is 1.35 bits per heavy atom. The van der Waals surface area contributed by atoms with Crippen molar-refractivity contribution < 1.29 is 4.74 Å². The molecule has 102 valence electrons. The normalized spacial score (nSPS) is 10.7. The summed E-state index contributed by atoms with van der Waals surface area (Å²) in [5.41, 5.74) is 0.975. The third kappa shape index (κ3) is 2.14. The first-order valence-corrected chi connectivity index (χ1v) is 7.14. The van der Waals surface area contributed by atoms with Crippen molar-refractivity contribution >= 4 is 23.6 Å². The van der Waals surface area contributed by atoms with E-state index in [2.05, 4.69) is 15.2 Å². The predicted molar refractivity (Wildman–Crippen MR) is 81.5 cm³/mol. The Hall–Kier alpha value is -1.99. The highest BCUT2D eigenvalue weighted by atomic mass is 32.1. The fourth-order valence-electron chi connectivity index (χ4n) is 1.89. The average Bonchev–Trinajstić information content (AvgIpc) is 3.07. The summed E-state index contributed by atoms with van der Waals surface area (Å²) in [5, 5.41) is 7.89. The number of rotatable bonds is 3. The van der Waals surface area contributed by atoms with Crippen molar-refractivity contribution in [3.05, 3.63) is 35.2 Å². The Morgan fingerprint density at radius 3 is 2.85 bits per heavy atom. The minimum Gasteiger partial charge on any atom is -0.496 e. The molecule has 1 N–H and O–H groups in total. The largest absolute Gasteiger partial charge is 0.496 e. The van der Waals surface area contributed by atoms with E-state index in [9.17, 15) is 0 Å². The summed E-state index contributed by atoms with van der Waals surface area (Å²) in [6.07, 6.45) is 1.80. The molecule has 0 amide bonds. The van der Waals surface area contributed by atoms with E-state index in [1.807, 2.05) is 35.9 Å². The van der Waals surface area contributed by atoms with Crippen LogP contribution in [0.1, 0.15) is 0 Å². The molecule has 7 heteroatoms. The number of nitrogens with one attached hydrogen (secondary N) is 1. The van der Waals surface area contributed by atoms with E-state index in [0.717, 1.165) is 27.0 Å². The first-order chi connectivity index (χ1) is 9.70. The van der Waals surface area contributed by atoms with Crippen molar-refractivity contribution in [2.24, 2.45) is 7.05 Å². The molecule has 3 aromatic rings. The summed E-state index contributed by atoms with van der Waals surface area (Å²) in [7, 11) is 3.54. The van der Waals surface area contributed by atoms with Gasteiger partial charge in [-0.15, -0.1) is 11.3 Å². The third-order valence-corrected chi connectivity index (χ3v) is 4.33. The SMILES string of the molecule is COc1ccccc1-c1ncc(-c2n[nH]c(=S)n2C)s1. The number of para-hydroxylation sites is 1. The number of benzene rings is 1. The summed E-state index contributed by atoms with van der Waals surface area (Å²) in [6.45, 7) is 0. The molecule has 0 bridgehead atoms. The molecule has 0 unspecified atom stereocenters. The molecular formula is C13H12N4OS2. The number of nitrogens with zero attached hydrogens (tertiary/aromatic N) is 3. The summed E-state index contributed by atoms with van der Waals surface area (Å²) in [6, 6.07) is 7.82. The van der Waals surface area contributed by atoms with Crippen LogP contribution in [0.25, 0.3) is 21.3 Å². The van der Waals surface area contributed by atoms with Gasteiger partial charge in [0.1, 0.15) is 10.8 Å². The van der Waals surface area contributed by atoms with Crippen molar-refractivity contribution in [3.63, 3.8) is 0 Å². The molecule has 0 saturated carbocycles. The number of aromatic nitrogens is 4. The maximum Gasteiger partial charge on any atom is 0.195 e. The maximum atomic E-state index is 5.37. The van der Waals surface area contributed by atoms with Crippen LogP contribution in [-0.2, 0) is 7.05 Å². The lowest BCUT2D eigenvalue weighted by Gasteiger charge is -2.04. The van der Waals surface area contributed by atoms with Gasteiger partial charge in [-0.05, 0) is 24.4 Å². The lowest BCUT2D eigenvalue weighted by Crippen LogP contribution is -1.90. The van der Waals surface area contributed by atoms with Crippen LogP contribution in [0.15, 0.2) is 30.5 Å². The van der Waals surface area contributed by atoms with Crippen molar-refractivity contribution in [1.82, 2.24) is 19.7 Å². The molecule has 0 radical (unpaired) electrons. The second-order valence-electron chi connectivity index (χ2n) is 4.14. The van der Waals surface area contributed by atoms with Crippen LogP contribution in [0.3, 0.4) is 0 Å². The summed E-state index contributed by atoms with van der Waals surface area (Å²) in [4.78, 5) is 5.42. The number of aromatic amines is 1. The predicted octanol–water partition coefficient (Wildman–Crippen LogP) is 3.28. The van der Waals surface area contributed by atoms with Gasteiger partial charge >= 0.3 is 0 Å². The molecule has 2 heterocycles. The zero-order valence-corrected chi connectivity index (χ0v) is 12.6. The number of H-pyrrole nitrogens is 1. The highest BCUT2D eigenvalue weighted by Crippen LogP contribution is 2.35. The van der Waals surface area contributed by atoms with Crippen molar-refractivity contribution in [3.8, 4) is 27.0 Å². The van der Waals surface area contributed by atoms with Gasteiger partial charge < -0.3 is 9.30 Å². The number of hydrogen-bond acceptors (Lipinski definition) is 5. The molecular weight excluding hydrogens is 292 g/mol. The lowest BCUT2D eigenvalue weighted by atomic mass is 10.2. The first-order valence-electron chi connectivity index (χ1n) is 5.91. The highest BCUT2D eigenvalue weighted by Gasteiger charge is 2.13. The maximum absolute atomic E-state index is 5.37. The van der Waals surface area contributed by atoms with Crippen LogP contribution >= 0.6 is 23.6 Å². The molecule has 0 fully saturated rings. The Labute approximate surface area is 124 Å². The van der Waals surface area contributed by atoms with Gasteiger partial charge in [-0.25, -0.2) is 4.98 Å². The Bertz CT molecular complexity index is 803. The first kappa shape index (κ1) is 13.0. The lowest BCUT2D eigenvalue weighted by molar-refractivity contribution is 0.416. The van der Waals surface area contributed by atoms with Gasteiger partial charge in [0.25, 0.3) is 0 Å². The van der Waals surface area contributed by atoms with E-state index in [0.29, 0.717) is 4.77 Å². The van der Waals surface area contributed by atoms with Crippen LogP contribution in [0, 0.1) is 4.77 Å². The van der Waals surface area contributed by atoms with Crippen LogP contribution in [-0.4, -0.2) is 26.9 Å². The van der Waals surface area contributed by atoms with Crippen LogP contribution < -0.4 is 4.74 Å². The van der Waals surface area contributed by atoms with E-state index in [1.54, 1.807) is 24.6 Å². The van der Waals surface area contributed by atoms with E-state index in [-0.39, 0.29) is 0 Å². The molecule has 0 aliphatic heterocycles. The van der Waals surface area contributed by atoms with Gasteiger partial charge in [-0.3, -0.25) is 5.10 Å². The number of hydrogen-bond donors (Lipinski definition) is 1. The van der Waals surface area contributed by atoms with Crippen molar-refractivity contribution in [1.29, 1.82) is 0 Å². The number of methoxy groups -OCH3 is 1. The Morgan fingerprint density at radius 2 is 2.15 bits per heavy atom. The van der Waals surface area contributed by atoms with E-state index in [4.69, 9.17) is 17.0 Å². The van der Waals surface area contributed by atoms with Gasteiger partial charge in [0.05, 0.1) is 17.6 Å². The van der Waals surface area contributed by atoms with Gasteiger partial charge in [0, 0.05) is 13.2 Å². The average molecular weight is 304 g/mol. The van der Waals surface area contributed by atoms with E-state index >= 15 is 0 Å². The molecule has 0 aliphatic rings. The summed E-state index contributed by atoms with van der Waals surface area (Å²) < 4.78 is 7.78. The van der Waals surface area contributed by atoms with Gasteiger partial charge in [0.2, 0.25) is 0 Å². The van der Waals surface area contributed by atoms with Crippen LogP contribution in [0.5, 0.6) is 5.75 Å². The van der Waals surface area contributed by atoms with Gasteiger partial charge in [0.15, 0.2) is 10.6 Å². The second kappa shape index (κ2) is 5.18. The highest BCUT2D eigenvalue weighted by molar-refractivity contribution is 7.71. The standard InChI is InChI=1S/C13H12N4OS2/c1-17-11(15-16-13(17)19)10-7-14-12(20-10)8-5-3-4-6-9(8)18-2/h3-7H,1-2H3,(H,16,19). The minimum atomic E-state index is 0.590. The minimum absolute atomic E-state index is 0.590. The quantitative estimate of drug-likeness (QED) is 0.755. The molecule has 5 nitrogen and oxygen atoms in total. The zero-order valence-electron chi connectivity index (χ0n) is 11.0. The monoisotopic (exact) mass is 304 g/mol. The summed E-state index contributed by atoms with van der Waals surface area (Å²) >= 11 is 6.68. The molecule has 2 aromatic heterocycles. The number of ether oxygens (including phenoxy) is 1. The van der Waals surface area contributed by atoms with Gasteiger partial charge in [-0.2, -0.15) is 5.10 Å². The molecule has 0 spiro atoms. The van der Waals surface area contributed by atoms with Crippen LogP contribution in [0.2, 0.25) is 0 Å². The second-order valence-corrected chi connectivity index (χ2v) is 5.56. The zero-order chi connectivity index (χ0) is 14.1. The fourth-order valence-corrected chi connectivity index (χ4v) is 2.99. The number of thiazole rings is 1. The molecule has 0 atom stereocenters. The van der Waals surface area contributed by atoms with Gasteiger partial charge in [-0.1, -0.05) is 12.1 Å². The van der Waals surface area contributed by atoms with Crippen LogP contribution in [0.4, 0.5) is 0 Å². The smallest absolute Gasteiger partial charge is 0.195 e. The molecule has 0 saturated heterocycles. The Balaban J connectivity index is 2.06. The summed E-state index contributed by atoms with van der Waals surface area (Å²) in [5.74, 6) is 1.59. The fraction of sp³-hybridized carbons (Fsp3) is 0.154. The van der Waals surface area contributed by atoms with E-state index in [1.165, 1.54) is 0 Å². The topological polar surface area (TPSA) is 55.7 Å². The molecule has 0 aliphatic carbocycles. The van der Waals surface area contributed by atoms with Crippen molar-refractivity contribution in [2.75, 3.05) is 7.11 Å². The Kier molecular flexibility index (Phi) is 3.37. The third-order valence-electron chi connectivity index (χ3n) is 2.94. The van der Waals surface area contributed by atoms with E-state index < -0.39 is 0 Å².